The molecule has 26 heteroatoms. The molecule has 0 bridgehead atoms. The number of hydrogen-bond donors (Lipinski definition) is 2. The van der Waals surface area contributed by atoms with Crippen molar-refractivity contribution < 1.29 is 88.6 Å². The SMILES string of the molecule is C=CCCCCC[C@H](CC(=O)OC1CCCC1)C(=O)N1C[C@@H](OCc2ccc(Br)cc2)C[C@H]1C(=O)C[C@]1(P(=O)(Cc2c(F)cccc2F)OCC)C[C@H]1CC.C=CCCCCC[C@H](CC(=O)OC1CCCC1)C(=O)N1C[C@@H](OCc2ccc(Br)cc2)C[C@H]1C(=O)O.CCOP(=O)(Cc1c(F)cccc1F)[C@@]1(N)C[C@H]1CC. The summed E-state index contributed by atoms with van der Waals surface area (Å²) in [7, 11) is -7.20. The number of unbranched alkanes of at least 4 members (excludes halogenated alkanes) is 6. The van der Waals surface area contributed by atoms with E-state index in [0.717, 1.165) is 153 Å². The van der Waals surface area contributed by atoms with Gasteiger partial charge in [-0.25, -0.2) is 22.4 Å². The number of halogens is 6. The van der Waals surface area contributed by atoms with Gasteiger partial charge in [0.2, 0.25) is 26.6 Å². The lowest BCUT2D eigenvalue weighted by molar-refractivity contribution is -0.155. The van der Waals surface area contributed by atoms with Crippen molar-refractivity contribution in [1.82, 2.24) is 9.80 Å². The molecule has 4 aliphatic carbocycles. The van der Waals surface area contributed by atoms with Crippen LogP contribution in [0.5, 0.6) is 0 Å². The summed E-state index contributed by atoms with van der Waals surface area (Å²) in [6, 6.07) is 20.7. The quantitative estimate of drug-likeness (QED) is 0.0138. The molecule has 2 aliphatic heterocycles. The molecular formula is C85H115Br2F4N3O15P2. The zero-order valence-electron chi connectivity index (χ0n) is 65.0. The van der Waals surface area contributed by atoms with Crippen molar-refractivity contribution in [3.8, 4) is 0 Å². The number of ketones is 1. The van der Waals surface area contributed by atoms with Crippen LogP contribution in [0.3, 0.4) is 0 Å². The van der Waals surface area contributed by atoms with E-state index in [9.17, 15) is 60.6 Å². The molecule has 10 rings (SSSR count). The summed E-state index contributed by atoms with van der Waals surface area (Å²) in [6.07, 6.45) is 20.0. The van der Waals surface area contributed by atoms with Gasteiger partial charge >= 0.3 is 17.9 Å². The van der Waals surface area contributed by atoms with Gasteiger partial charge in [-0.3, -0.25) is 33.1 Å². The Morgan fingerprint density at radius 2 is 0.973 bits per heavy atom. The number of aliphatic carboxylic acids is 1. The van der Waals surface area contributed by atoms with E-state index in [4.69, 9.17) is 33.7 Å². The number of benzene rings is 4. The van der Waals surface area contributed by atoms with Gasteiger partial charge in [0, 0.05) is 64.3 Å². The van der Waals surface area contributed by atoms with E-state index in [0.29, 0.717) is 38.7 Å². The fourth-order valence-electron chi connectivity index (χ4n) is 16.3. The van der Waals surface area contributed by atoms with Crippen molar-refractivity contribution >= 4 is 82.1 Å². The number of ether oxygens (including phenoxy) is 4. The number of hydrogen-bond acceptors (Lipinski definition) is 15. The normalized spacial score (nSPS) is 23.7. The smallest absolute Gasteiger partial charge is 0.326 e. The van der Waals surface area contributed by atoms with Crippen LogP contribution in [0.1, 0.15) is 223 Å². The maximum absolute atomic E-state index is 15.0. The second-order valence-corrected chi connectivity index (χ2v) is 38.0. The van der Waals surface area contributed by atoms with Crippen LogP contribution in [-0.2, 0) is 91.4 Å². The maximum atomic E-state index is 15.0. The highest BCUT2D eigenvalue weighted by Crippen LogP contribution is 2.77. The van der Waals surface area contributed by atoms with E-state index in [2.05, 4.69) is 45.0 Å². The molecule has 0 spiro atoms. The predicted octanol–water partition coefficient (Wildman–Crippen LogP) is 20.0. The van der Waals surface area contributed by atoms with E-state index in [-0.39, 0.29) is 136 Å². The summed E-state index contributed by atoms with van der Waals surface area (Å²) in [5, 5.41) is 7.78. The van der Waals surface area contributed by atoms with Crippen molar-refractivity contribution in [2.75, 3.05) is 26.3 Å². The molecule has 4 aromatic carbocycles. The van der Waals surface area contributed by atoms with Crippen LogP contribution < -0.4 is 5.73 Å². The minimum absolute atomic E-state index is 0.00987. The largest absolute Gasteiger partial charge is 0.480 e. The summed E-state index contributed by atoms with van der Waals surface area (Å²) in [6.45, 7) is 16.1. The number of allylic oxidation sites excluding steroid dienone is 2. The number of carboxylic acid groups (broad SMARTS) is 1. The number of amides is 2. The monoisotopic (exact) mass is 1710 g/mol. The number of carbonyl (C=O) groups excluding carboxylic acids is 5. The molecular weight excluding hydrogens is 1600 g/mol. The average Bonchev–Trinajstić information content (AvgIpc) is 1.56. The highest BCUT2D eigenvalue weighted by atomic mass is 79.9. The Morgan fingerprint density at radius 3 is 1.36 bits per heavy atom. The first-order valence-corrected chi connectivity index (χ1v) is 45.2. The highest BCUT2D eigenvalue weighted by Gasteiger charge is 2.67. The summed E-state index contributed by atoms with van der Waals surface area (Å²) < 4.78 is 122. The molecule has 6 fully saturated rings. The number of carboxylic acids is 1. The standard InChI is InChI=1S/C43H57BrF2NO7P.C28H38BrNO6.C14H20F2NO2P/c1-4-7-8-9-10-14-31(23-41(49)54-34-15-11-12-16-34)42(50)47-27-35(52-28-30-19-21-33(44)22-20-30)24-39(47)40(48)26-43(25-32(43)5-2)55(51,53-6-3)29-36-37(45)17-13-18-38(36)46;1-2-3-4-5-6-9-21(16-26(31)36-23-10-7-8-11-23)27(32)30-18-24(17-25(30)28(33)34)35-19-20-12-14-22(29)15-13-20;1-3-10-8-14(10,17)20(18,19-4-2)9-11-12(15)6-5-7-13(11)16/h4,13,17-22,31-32,34-35,39H,1,5-12,14-16,23-29H2,2-3H3;2,12-15,21,23-25H,1,3-11,16-19H2,(H,33,34);5-7,10H,3-4,8-9,17H2,1-2H3/t31-,32-,35+,39+,43-,55?;21-,24+,25+;10-,14+,20?/m111/s1. The lowest BCUT2D eigenvalue weighted by Gasteiger charge is -2.32. The fourth-order valence-corrected chi connectivity index (χ4v) is 23.3. The zero-order valence-corrected chi connectivity index (χ0v) is 69.9. The van der Waals surface area contributed by atoms with Crippen LogP contribution in [0.4, 0.5) is 17.6 Å². The van der Waals surface area contributed by atoms with Gasteiger partial charge in [0.15, 0.2) is 5.78 Å². The van der Waals surface area contributed by atoms with Gasteiger partial charge in [-0.2, -0.15) is 0 Å². The zero-order chi connectivity index (χ0) is 80.5. The highest BCUT2D eigenvalue weighted by molar-refractivity contribution is 9.10. The van der Waals surface area contributed by atoms with Crippen LogP contribution in [0.2, 0.25) is 0 Å². The Hall–Kier alpha value is -5.68. The van der Waals surface area contributed by atoms with Crippen molar-refractivity contribution in [3.05, 3.63) is 165 Å². The van der Waals surface area contributed by atoms with E-state index >= 15 is 0 Å². The van der Waals surface area contributed by atoms with E-state index in [1.54, 1.807) is 18.7 Å². The van der Waals surface area contributed by atoms with Crippen LogP contribution in [-0.4, -0.2) is 124 Å². The molecule has 0 radical (unpaired) electrons. The summed E-state index contributed by atoms with van der Waals surface area (Å²) in [5.41, 5.74) is 7.58. The van der Waals surface area contributed by atoms with E-state index < -0.39 is 96.6 Å². The van der Waals surface area contributed by atoms with Crippen molar-refractivity contribution in [3.63, 3.8) is 0 Å². The molecule has 612 valence electrons. The Morgan fingerprint density at radius 1 is 0.568 bits per heavy atom. The summed E-state index contributed by atoms with van der Waals surface area (Å²) in [5.74, 6) is -7.05. The molecule has 0 aromatic heterocycles. The third-order valence-electron chi connectivity index (χ3n) is 22.8. The minimum atomic E-state index is -3.85. The molecule has 111 heavy (non-hydrogen) atoms. The van der Waals surface area contributed by atoms with Crippen LogP contribution in [0, 0.1) is 46.9 Å². The van der Waals surface area contributed by atoms with E-state index in [1.807, 2.05) is 74.5 Å². The maximum Gasteiger partial charge on any atom is 0.326 e. The molecule has 6 aliphatic rings. The van der Waals surface area contributed by atoms with Gasteiger partial charge in [-0.05, 0) is 188 Å². The number of esters is 2. The summed E-state index contributed by atoms with van der Waals surface area (Å²) >= 11 is 6.86. The Bertz CT molecular complexity index is 3810. The van der Waals surface area contributed by atoms with Crippen LogP contribution in [0.15, 0.2) is 119 Å². The lowest BCUT2D eigenvalue weighted by atomic mass is 9.94. The van der Waals surface area contributed by atoms with Crippen LogP contribution >= 0.6 is 46.6 Å². The second-order valence-electron chi connectivity index (χ2n) is 30.6. The van der Waals surface area contributed by atoms with Crippen molar-refractivity contribution in [2.45, 2.75) is 274 Å². The third-order valence-corrected chi connectivity index (χ3v) is 30.6. The molecule has 12 atom stereocenters. The van der Waals surface area contributed by atoms with Gasteiger partial charge in [0.25, 0.3) is 0 Å². The average molecular weight is 1720 g/mol. The molecule has 18 nitrogen and oxygen atoms in total. The van der Waals surface area contributed by atoms with E-state index in [1.165, 1.54) is 17.0 Å². The molecule has 2 saturated heterocycles. The summed E-state index contributed by atoms with van der Waals surface area (Å²) in [4.78, 5) is 83.9. The van der Waals surface area contributed by atoms with Crippen molar-refractivity contribution in [2.24, 2.45) is 29.4 Å². The fraction of sp³-hybridized carbons (Fsp3) is 0.600. The van der Waals surface area contributed by atoms with Gasteiger partial charge < -0.3 is 48.6 Å². The first kappa shape index (κ1) is 90.9. The third kappa shape index (κ3) is 25.4. The number of Topliss-reactive ketones (excluding diaryl/α,β-unsaturated/α-hetero) is 1. The van der Waals surface area contributed by atoms with Crippen molar-refractivity contribution in [1.29, 1.82) is 0 Å². The Kier molecular flexibility index (Phi) is 35.9. The molecule has 4 saturated carbocycles. The molecule has 3 N–H and O–H groups in total. The van der Waals surface area contributed by atoms with Gasteiger partial charge in [-0.1, -0.05) is 133 Å². The second kappa shape index (κ2) is 43.9. The predicted molar refractivity (Wildman–Crippen MR) is 427 cm³/mol. The first-order valence-electron chi connectivity index (χ1n) is 40.0. The van der Waals surface area contributed by atoms with Gasteiger partial charge in [-0.15, -0.1) is 13.2 Å². The Balaban J connectivity index is 0.000000235. The number of carbonyl (C=O) groups is 6. The van der Waals surface area contributed by atoms with Gasteiger partial charge in [0.05, 0.1) is 80.3 Å². The number of rotatable bonds is 42. The lowest BCUT2D eigenvalue weighted by Crippen LogP contribution is -2.45. The molecule has 2 heterocycles. The van der Waals surface area contributed by atoms with Gasteiger partial charge in [0.1, 0.15) is 41.5 Å². The van der Waals surface area contributed by atoms with Crippen LogP contribution in [0.25, 0.3) is 0 Å². The Labute approximate surface area is 670 Å². The molecule has 4 aromatic rings. The molecule has 2 amide bonds. The molecule has 2 unspecified atom stereocenters. The number of nitrogens with zero attached hydrogens (tertiary/aromatic N) is 2. The minimum Gasteiger partial charge on any atom is -0.480 e. The number of nitrogens with two attached hydrogens (primary N) is 1. The number of likely N-dealkylation sites (tertiary alicyclic amines) is 2. The topological polar surface area (TPSA) is 245 Å². The first-order chi connectivity index (χ1) is 53.2.